The Labute approximate surface area is 67.0 Å². The number of carbonyl (C=O) groups excluding carboxylic acids is 1. The zero-order valence-electron chi connectivity index (χ0n) is 2.62. The molecule has 0 spiro atoms. The average molecular weight is 177 g/mol. The second kappa shape index (κ2) is 4.00. The summed E-state index contributed by atoms with van der Waals surface area (Å²) in [6.07, 6.45) is 0.234. The Morgan fingerprint density at radius 3 is 1.43 bits per heavy atom. The minimum Gasteiger partial charge on any atom is -0.299 e. The first-order valence-electron chi connectivity index (χ1n) is 1.09. The van der Waals surface area contributed by atoms with E-state index in [4.69, 9.17) is 34.8 Å². The number of hydrogen-bond acceptors (Lipinski definition) is 1. The molecule has 0 aliphatic heterocycles. The summed E-state index contributed by atoms with van der Waals surface area (Å²) >= 11 is 14.6. The molecule has 42 valence electrons. The molecule has 0 aliphatic rings. The molecule has 0 heterocycles. The van der Waals surface area contributed by atoms with E-state index in [1.807, 2.05) is 0 Å². The fourth-order valence-corrected chi connectivity index (χ4v) is 0. The van der Waals surface area contributed by atoms with Crippen molar-refractivity contribution in [3.63, 3.8) is 0 Å². The third-order valence-electron chi connectivity index (χ3n) is 0.134. The summed E-state index contributed by atoms with van der Waals surface area (Å²) in [5.41, 5.74) is 0. The Morgan fingerprint density at radius 2 is 1.43 bits per heavy atom. The molecule has 0 amide bonds. The minimum absolute atomic E-state index is 0. The fraction of sp³-hybridized carbons (Fsp3) is 0.500. The van der Waals surface area contributed by atoms with Gasteiger partial charge < -0.3 is 0 Å². The highest BCUT2D eigenvalue weighted by Gasteiger charge is 2.16. The minimum atomic E-state index is -1.72. The van der Waals surface area contributed by atoms with E-state index in [0.717, 1.165) is 0 Å². The molecule has 0 saturated heterocycles. The highest BCUT2D eigenvalue weighted by molar-refractivity contribution is 6.74. The molecule has 0 bridgehead atoms. The van der Waals surface area contributed by atoms with Gasteiger partial charge in [0, 0.05) is 0 Å². The lowest BCUT2D eigenvalue weighted by Gasteiger charge is -1.93. The number of halogens is 3. The van der Waals surface area contributed by atoms with Gasteiger partial charge in [0.1, 0.15) is 0 Å². The molecule has 0 unspecified atom stereocenters. The first-order valence-corrected chi connectivity index (χ1v) is 2.23. The van der Waals surface area contributed by atoms with Gasteiger partial charge in [-0.05, 0) is 0 Å². The smallest absolute Gasteiger partial charge is 0.245 e. The van der Waals surface area contributed by atoms with E-state index in [2.05, 4.69) is 0 Å². The number of aldehydes is 1. The number of rotatable bonds is 0. The summed E-state index contributed by atoms with van der Waals surface area (Å²) in [6, 6.07) is 0. The van der Waals surface area contributed by atoms with Crippen LogP contribution in [-0.4, -0.2) is 27.4 Å². The summed E-state index contributed by atoms with van der Waals surface area (Å²) in [7, 11) is 0. The van der Waals surface area contributed by atoms with E-state index >= 15 is 0 Å². The molecule has 0 fully saturated rings. The zero-order chi connectivity index (χ0) is 5.21. The normalized spacial score (nSPS) is 9.57. The van der Waals surface area contributed by atoms with Gasteiger partial charge in [-0.3, -0.25) is 4.79 Å². The van der Waals surface area contributed by atoms with Gasteiger partial charge in [0.15, 0.2) is 23.6 Å². The van der Waals surface area contributed by atoms with Crippen LogP contribution in [0.1, 0.15) is 0 Å². The topological polar surface area (TPSA) is 17.1 Å². The largest absolute Gasteiger partial charge is 0.299 e. The Bertz CT molecular complexity index is 58.4. The molecule has 1 nitrogen and oxygen atoms in total. The van der Waals surface area contributed by atoms with Gasteiger partial charge in [-0.15, -0.1) is 0 Å². The molecule has 5 heteroatoms. The lowest BCUT2D eigenvalue weighted by molar-refractivity contribution is -0.107. The third kappa shape index (κ3) is 11.0. The van der Waals surface area contributed by atoms with Crippen LogP contribution >= 0.6 is 34.8 Å². The van der Waals surface area contributed by atoms with Crippen molar-refractivity contribution in [2.75, 3.05) is 0 Å². The predicted molar refractivity (Wildman–Crippen MR) is 36.3 cm³/mol. The molecular formula is C2H4AlCl3O. The molecule has 0 atom stereocenters. The van der Waals surface area contributed by atoms with Gasteiger partial charge in [0.2, 0.25) is 3.79 Å². The fourth-order valence-electron chi connectivity index (χ4n) is 0. The van der Waals surface area contributed by atoms with E-state index in [1.54, 1.807) is 0 Å². The number of hydrogen-bond donors (Lipinski definition) is 0. The van der Waals surface area contributed by atoms with Crippen LogP contribution in [0.3, 0.4) is 0 Å². The van der Waals surface area contributed by atoms with Crippen LogP contribution in [0.4, 0.5) is 0 Å². The van der Waals surface area contributed by atoms with E-state index in [-0.39, 0.29) is 23.6 Å². The van der Waals surface area contributed by atoms with E-state index in [1.165, 1.54) is 0 Å². The van der Waals surface area contributed by atoms with Gasteiger partial charge in [-0.25, -0.2) is 0 Å². The monoisotopic (exact) mass is 176 g/mol. The predicted octanol–water partition coefficient (Wildman–Crippen LogP) is 0.372. The second-order valence-electron chi connectivity index (χ2n) is 0.659. The van der Waals surface area contributed by atoms with Crippen LogP contribution < -0.4 is 0 Å². The summed E-state index contributed by atoms with van der Waals surface area (Å²) in [5, 5.41) is 0. The molecule has 0 saturated carbocycles. The molecule has 0 aromatic carbocycles. The van der Waals surface area contributed by atoms with Gasteiger partial charge in [-0.1, -0.05) is 34.8 Å². The van der Waals surface area contributed by atoms with Crippen molar-refractivity contribution in [2.45, 2.75) is 3.79 Å². The summed E-state index contributed by atoms with van der Waals surface area (Å²) in [5.74, 6) is 0. The van der Waals surface area contributed by atoms with Crippen LogP contribution in [0.25, 0.3) is 0 Å². The highest BCUT2D eigenvalue weighted by atomic mass is 35.6. The maximum absolute atomic E-state index is 9.43. The van der Waals surface area contributed by atoms with E-state index in [9.17, 15) is 4.79 Å². The van der Waals surface area contributed by atoms with Gasteiger partial charge >= 0.3 is 0 Å². The van der Waals surface area contributed by atoms with Crippen LogP contribution in [0.15, 0.2) is 0 Å². The van der Waals surface area contributed by atoms with E-state index in [0.29, 0.717) is 0 Å². The van der Waals surface area contributed by atoms with Crippen molar-refractivity contribution in [1.82, 2.24) is 0 Å². The number of carbonyl (C=O) groups is 1. The Hall–Kier alpha value is 1.07. The maximum atomic E-state index is 9.43. The average Bonchev–Trinajstić information content (AvgIpc) is 1.35. The highest BCUT2D eigenvalue weighted by Crippen LogP contribution is 2.21. The zero-order valence-corrected chi connectivity index (χ0v) is 4.89. The molecule has 0 aromatic heterocycles. The third-order valence-corrected chi connectivity index (χ3v) is 0.401. The van der Waals surface area contributed by atoms with Crippen molar-refractivity contribution in [2.24, 2.45) is 0 Å². The van der Waals surface area contributed by atoms with E-state index < -0.39 is 3.79 Å². The first-order chi connectivity index (χ1) is 2.56. The van der Waals surface area contributed by atoms with Gasteiger partial charge in [-0.2, -0.15) is 0 Å². The molecule has 0 N–H and O–H groups in total. The standard InChI is InChI=1S/C2HCl3O.Al.3H/c3-2(4,5)1-6;;;;/h1H;;;;. The van der Waals surface area contributed by atoms with Gasteiger partial charge in [0.05, 0.1) is 0 Å². The van der Waals surface area contributed by atoms with Crippen LogP contribution in [0, 0.1) is 0 Å². The quantitative estimate of drug-likeness (QED) is 0.297. The Morgan fingerprint density at radius 1 is 1.29 bits per heavy atom. The van der Waals surface area contributed by atoms with Crippen molar-refractivity contribution >= 4 is 58.5 Å². The van der Waals surface area contributed by atoms with Crippen molar-refractivity contribution < 1.29 is 4.79 Å². The molecule has 0 aliphatic carbocycles. The molecule has 0 radical (unpaired) electrons. The van der Waals surface area contributed by atoms with Crippen LogP contribution in [0.2, 0.25) is 0 Å². The molecule has 7 heavy (non-hydrogen) atoms. The molecule has 0 aromatic rings. The molecular weight excluding hydrogens is 173 g/mol. The van der Waals surface area contributed by atoms with Crippen LogP contribution in [0.5, 0.6) is 0 Å². The molecule has 0 rings (SSSR count). The Balaban J connectivity index is 0. The van der Waals surface area contributed by atoms with Gasteiger partial charge in [0.25, 0.3) is 0 Å². The Kier molecular flexibility index (Phi) is 6.26. The second-order valence-corrected chi connectivity index (χ2v) is 3.03. The van der Waals surface area contributed by atoms with Crippen LogP contribution in [-0.2, 0) is 4.79 Å². The summed E-state index contributed by atoms with van der Waals surface area (Å²) in [4.78, 5) is 9.43. The first kappa shape index (κ1) is 11.0. The van der Waals surface area contributed by atoms with Crippen molar-refractivity contribution in [3.05, 3.63) is 0 Å². The lowest BCUT2D eigenvalue weighted by Crippen LogP contribution is -2.00. The van der Waals surface area contributed by atoms with Crippen molar-refractivity contribution in [3.8, 4) is 0 Å². The lowest BCUT2D eigenvalue weighted by atomic mass is 10.9. The SMILES string of the molecule is O=CC(Cl)(Cl)Cl.[AlH3]. The summed E-state index contributed by atoms with van der Waals surface area (Å²) in [6.45, 7) is 0. The number of alkyl halides is 3. The van der Waals surface area contributed by atoms with Crippen molar-refractivity contribution in [1.29, 1.82) is 0 Å². The summed E-state index contributed by atoms with van der Waals surface area (Å²) < 4.78 is -1.72. The maximum Gasteiger partial charge on any atom is 0.245 e.